The first-order chi connectivity index (χ1) is 16.5. The van der Waals surface area contributed by atoms with E-state index in [4.69, 9.17) is 18.9 Å². The van der Waals surface area contributed by atoms with Gasteiger partial charge in [-0.2, -0.15) is 0 Å². The second kappa shape index (κ2) is 11.5. The molecule has 2 aliphatic rings. The zero-order chi connectivity index (χ0) is 25.8. The summed E-state index contributed by atoms with van der Waals surface area (Å²) in [7, 11) is 3.12. The summed E-state index contributed by atoms with van der Waals surface area (Å²) in [6.45, 7) is 9.88. The number of rotatable bonds is 6. The number of ether oxygens (including phenoxy) is 4. The van der Waals surface area contributed by atoms with E-state index in [1.165, 1.54) is 7.11 Å². The Morgan fingerprint density at radius 3 is 1.97 bits per heavy atom. The van der Waals surface area contributed by atoms with E-state index in [0.717, 1.165) is 56.9 Å². The summed E-state index contributed by atoms with van der Waals surface area (Å²) in [5.74, 6) is 1.41. The summed E-state index contributed by atoms with van der Waals surface area (Å²) in [5, 5.41) is 0. The van der Waals surface area contributed by atoms with Gasteiger partial charge in [-0.3, -0.25) is 0 Å². The maximum absolute atomic E-state index is 13.2. The Hall–Kier alpha value is -2.44. The summed E-state index contributed by atoms with van der Waals surface area (Å²) in [4.78, 5) is 28.3. The number of esters is 1. The van der Waals surface area contributed by atoms with Gasteiger partial charge in [-0.25, -0.2) is 9.59 Å². The Morgan fingerprint density at radius 2 is 1.46 bits per heavy atom. The number of nitrogens with zero attached hydrogens (tertiary/aromatic N) is 1. The molecule has 1 aromatic carbocycles. The maximum atomic E-state index is 13.2. The highest BCUT2D eigenvalue weighted by Crippen LogP contribution is 2.35. The molecule has 1 amide bonds. The van der Waals surface area contributed by atoms with E-state index in [1.807, 2.05) is 32.6 Å². The van der Waals surface area contributed by atoms with Crippen molar-refractivity contribution in [2.45, 2.75) is 110 Å². The second-order valence-electron chi connectivity index (χ2n) is 11.2. The highest BCUT2D eigenvalue weighted by Gasteiger charge is 2.38. The molecule has 0 aromatic heterocycles. The molecule has 0 aliphatic heterocycles. The van der Waals surface area contributed by atoms with Crippen molar-refractivity contribution < 1.29 is 28.5 Å². The van der Waals surface area contributed by atoms with Gasteiger partial charge in [0.1, 0.15) is 28.8 Å². The topological polar surface area (TPSA) is 74.3 Å². The highest BCUT2D eigenvalue weighted by molar-refractivity contribution is 5.94. The lowest BCUT2D eigenvalue weighted by Crippen LogP contribution is -2.51. The van der Waals surface area contributed by atoms with Crippen LogP contribution in [0.1, 0.15) is 95.0 Å². The average Bonchev–Trinajstić information content (AvgIpc) is 2.79. The molecule has 2 fully saturated rings. The predicted molar refractivity (Wildman–Crippen MR) is 135 cm³/mol. The van der Waals surface area contributed by atoms with Crippen molar-refractivity contribution >= 4 is 12.1 Å². The quantitative estimate of drug-likeness (QED) is 0.437. The van der Waals surface area contributed by atoms with Gasteiger partial charge in [-0.1, -0.05) is 6.92 Å². The lowest BCUT2D eigenvalue weighted by atomic mass is 9.84. The van der Waals surface area contributed by atoms with Gasteiger partial charge < -0.3 is 23.8 Å². The van der Waals surface area contributed by atoms with Gasteiger partial charge in [-0.15, -0.1) is 0 Å². The molecule has 35 heavy (non-hydrogen) atoms. The molecule has 196 valence electrons. The minimum atomic E-state index is -0.528. The second-order valence-corrected chi connectivity index (χ2v) is 11.2. The van der Waals surface area contributed by atoms with Crippen LogP contribution in [0.4, 0.5) is 4.79 Å². The van der Waals surface area contributed by atoms with E-state index < -0.39 is 5.60 Å². The number of carbonyl (C=O) groups excluding carboxylic acids is 2. The largest absolute Gasteiger partial charge is 0.497 e. The van der Waals surface area contributed by atoms with E-state index in [9.17, 15) is 9.59 Å². The van der Waals surface area contributed by atoms with Crippen LogP contribution in [0, 0.1) is 12.8 Å². The summed E-state index contributed by atoms with van der Waals surface area (Å²) < 4.78 is 22.4. The Kier molecular flexibility index (Phi) is 8.94. The molecule has 7 nitrogen and oxygen atoms in total. The number of aryl methyl sites for hydroxylation is 1. The molecule has 0 radical (unpaired) electrons. The maximum Gasteiger partial charge on any atom is 0.410 e. The van der Waals surface area contributed by atoms with Crippen LogP contribution in [0.25, 0.3) is 0 Å². The average molecular weight is 490 g/mol. The summed E-state index contributed by atoms with van der Waals surface area (Å²) >= 11 is 0. The number of hydrogen-bond donors (Lipinski definition) is 0. The third-order valence-electron chi connectivity index (χ3n) is 7.23. The lowest BCUT2D eigenvalue weighted by molar-refractivity contribution is -0.0203. The molecule has 0 bridgehead atoms. The summed E-state index contributed by atoms with van der Waals surface area (Å²) in [6.07, 6.45) is 6.95. The van der Waals surface area contributed by atoms with Crippen LogP contribution >= 0.6 is 0 Å². The molecule has 2 saturated carbocycles. The predicted octanol–water partition coefficient (Wildman–Crippen LogP) is 6.30. The first kappa shape index (κ1) is 27.2. The van der Waals surface area contributed by atoms with Crippen LogP contribution in [0.3, 0.4) is 0 Å². The van der Waals surface area contributed by atoms with Crippen molar-refractivity contribution in [3.63, 3.8) is 0 Å². The molecule has 0 heterocycles. The standard InChI is InChI=1S/C28H43NO6/c1-18-8-10-20(11-9-18)29(27(31)35-28(3,4)5)21-12-14-22(15-13-21)34-26(30)25-19(2)16-23(32-6)17-24(25)33-7/h16-18,20-22H,8-15H2,1-7H3/t18-,20+,21?,22?. The highest BCUT2D eigenvalue weighted by atomic mass is 16.6. The number of hydrogen-bond acceptors (Lipinski definition) is 6. The first-order valence-electron chi connectivity index (χ1n) is 13.0. The van der Waals surface area contributed by atoms with E-state index in [-0.39, 0.29) is 30.3 Å². The Balaban J connectivity index is 1.66. The third-order valence-corrected chi connectivity index (χ3v) is 7.23. The van der Waals surface area contributed by atoms with Gasteiger partial charge in [0.15, 0.2) is 0 Å². The molecular weight excluding hydrogens is 446 g/mol. The van der Waals surface area contributed by atoms with Gasteiger partial charge >= 0.3 is 12.1 Å². The van der Waals surface area contributed by atoms with Gasteiger partial charge in [0.25, 0.3) is 0 Å². The van der Waals surface area contributed by atoms with Crippen molar-refractivity contribution in [2.75, 3.05) is 14.2 Å². The van der Waals surface area contributed by atoms with Crippen LogP contribution in [-0.4, -0.2) is 55.0 Å². The van der Waals surface area contributed by atoms with Crippen LogP contribution < -0.4 is 9.47 Å². The van der Waals surface area contributed by atoms with Gasteiger partial charge in [0.05, 0.1) is 14.2 Å². The number of carbonyl (C=O) groups is 2. The van der Waals surface area contributed by atoms with Gasteiger partial charge in [-0.05, 0) is 96.6 Å². The van der Waals surface area contributed by atoms with Crippen molar-refractivity contribution in [3.8, 4) is 11.5 Å². The molecule has 0 spiro atoms. The Bertz CT molecular complexity index is 876. The smallest absolute Gasteiger partial charge is 0.410 e. The lowest BCUT2D eigenvalue weighted by Gasteiger charge is -2.43. The Labute approximate surface area is 210 Å². The number of methoxy groups -OCH3 is 2. The van der Waals surface area contributed by atoms with E-state index in [0.29, 0.717) is 23.0 Å². The van der Waals surface area contributed by atoms with E-state index in [2.05, 4.69) is 6.92 Å². The number of amides is 1. The third kappa shape index (κ3) is 7.05. The molecule has 0 unspecified atom stereocenters. The fraction of sp³-hybridized carbons (Fsp3) is 0.714. The van der Waals surface area contributed by atoms with Crippen LogP contribution in [-0.2, 0) is 9.47 Å². The molecule has 1 aromatic rings. The fourth-order valence-corrected chi connectivity index (χ4v) is 5.35. The van der Waals surface area contributed by atoms with Crippen LogP contribution in [0.2, 0.25) is 0 Å². The molecule has 0 N–H and O–H groups in total. The minimum Gasteiger partial charge on any atom is -0.497 e. The zero-order valence-corrected chi connectivity index (χ0v) is 22.5. The molecule has 7 heteroatoms. The molecular formula is C28H43NO6. The molecule has 0 atom stereocenters. The zero-order valence-electron chi connectivity index (χ0n) is 22.5. The molecule has 2 aliphatic carbocycles. The first-order valence-corrected chi connectivity index (χ1v) is 13.0. The van der Waals surface area contributed by atoms with Gasteiger partial charge in [0.2, 0.25) is 0 Å². The van der Waals surface area contributed by atoms with Crippen molar-refractivity contribution in [3.05, 3.63) is 23.3 Å². The summed E-state index contributed by atoms with van der Waals surface area (Å²) in [6, 6.07) is 3.83. The fourth-order valence-electron chi connectivity index (χ4n) is 5.35. The van der Waals surface area contributed by atoms with Crippen LogP contribution in [0.15, 0.2) is 12.1 Å². The SMILES string of the molecule is COc1cc(C)c(C(=O)OC2CCC(N(C(=O)OC(C)(C)C)[C@H]3CC[C@@H](C)CC3)CC2)c(OC)c1. The normalized spacial score (nSPS) is 24.9. The molecule has 3 rings (SSSR count). The van der Waals surface area contributed by atoms with E-state index in [1.54, 1.807) is 19.2 Å². The minimum absolute atomic E-state index is 0.107. The monoisotopic (exact) mass is 489 g/mol. The van der Waals surface area contributed by atoms with E-state index >= 15 is 0 Å². The Morgan fingerprint density at radius 1 is 0.886 bits per heavy atom. The van der Waals surface area contributed by atoms with Gasteiger partial charge in [0, 0.05) is 18.2 Å². The van der Waals surface area contributed by atoms with Crippen molar-refractivity contribution in [1.29, 1.82) is 0 Å². The summed E-state index contributed by atoms with van der Waals surface area (Å²) in [5.41, 5.74) is 0.656. The number of benzene rings is 1. The van der Waals surface area contributed by atoms with Crippen LogP contribution in [0.5, 0.6) is 11.5 Å². The van der Waals surface area contributed by atoms with Crippen molar-refractivity contribution in [1.82, 2.24) is 4.90 Å². The van der Waals surface area contributed by atoms with Crippen molar-refractivity contribution in [2.24, 2.45) is 5.92 Å². The molecule has 0 saturated heterocycles.